The molecule has 5 nitrogen and oxygen atoms in total. The van der Waals surface area contributed by atoms with E-state index < -0.39 is 5.97 Å². The van der Waals surface area contributed by atoms with Gasteiger partial charge < -0.3 is 15.8 Å². The molecule has 0 spiro atoms. The van der Waals surface area contributed by atoms with Gasteiger partial charge in [-0.3, -0.25) is 4.99 Å². The average Bonchev–Trinajstić information content (AvgIpc) is 3.59. The van der Waals surface area contributed by atoms with E-state index in [0.29, 0.717) is 5.92 Å². The highest BCUT2D eigenvalue weighted by atomic mass is 35.5. The summed E-state index contributed by atoms with van der Waals surface area (Å²) in [6.07, 6.45) is 7.93. The van der Waals surface area contributed by atoms with Crippen molar-refractivity contribution in [3.8, 4) is 0 Å². The third-order valence-corrected chi connectivity index (χ3v) is 5.06. The fourth-order valence-electron chi connectivity index (χ4n) is 2.67. The minimum absolute atomic E-state index is 0.0584. The van der Waals surface area contributed by atoms with Gasteiger partial charge >= 0.3 is 5.97 Å². The van der Waals surface area contributed by atoms with Crippen molar-refractivity contribution in [2.45, 2.75) is 31.2 Å². The SMILES string of the molecule is C=C(NC(C(=O)OC)=C(Cl)C(N)=NC1(/C=C\c2ccccc2)CC1)C1CC1. The van der Waals surface area contributed by atoms with Crippen molar-refractivity contribution in [2.24, 2.45) is 16.6 Å². The van der Waals surface area contributed by atoms with Crippen molar-refractivity contribution in [2.75, 3.05) is 7.11 Å². The molecule has 0 saturated heterocycles. The van der Waals surface area contributed by atoms with Crippen LogP contribution < -0.4 is 11.1 Å². The predicted molar refractivity (Wildman–Crippen MR) is 109 cm³/mol. The number of ether oxygens (including phenoxy) is 1. The first kappa shape index (κ1) is 19.2. The van der Waals surface area contributed by atoms with E-state index in [2.05, 4.69) is 16.9 Å². The van der Waals surface area contributed by atoms with Gasteiger partial charge in [0.1, 0.15) is 16.6 Å². The second kappa shape index (κ2) is 8.01. The highest BCUT2D eigenvalue weighted by molar-refractivity contribution is 6.44. The van der Waals surface area contributed by atoms with E-state index in [1.165, 1.54) is 7.11 Å². The number of methoxy groups -OCH3 is 1. The first-order valence-electron chi connectivity index (χ1n) is 8.98. The lowest BCUT2D eigenvalue weighted by Crippen LogP contribution is -2.27. The molecule has 2 aliphatic carbocycles. The molecule has 27 heavy (non-hydrogen) atoms. The number of hydrogen-bond acceptors (Lipinski definition) is 4. The standard InChI is InChI=1S/C21H24ClN3O2/c1-14(16-8-9-16)24-18(20(26)27-2)17(22)19(23)25-21(12-13-21)11-10-15-6-4-3-5-7-15/h3-7,10-11,16,24H,1,8-9,12-13H2,2H3,(H2,23,25)/b11-10-,18-17?. The quantitative estimate of drug-likeness (QED) is 0.309. The lowest BCUT2D eigenvalue weighted by atomic mass is 10.1. The number of rotatable bonds is 8. The minimum Gasteiger partial charge on any atom is -0.464 e. The van der Waals surface area contributed by atoms with Crippen molar-refractivity contribution >= 4 is 29.5 Å². The summed E-state index contributed by atoms with van der Waals surface area (Å²) in [6.45, 7) is 3.96. The first-order chi connectivity index (χ1) is 12.9. The van der Waals surface area contributed by atoms with E-state index in [0.717, 1.165) is 36.9 Å². The molecule has 3 rings (SSSR count). The summed E-state index contributed by atoms with van der Waals surface area (Å²) in [5.74, 6) is -0.121. The number of hydrogen-bond donors (Lipinski definition) is 2. The maximum absolute atomic E-state index is 12.1. The lowest BCUT2D eigenvalue weighted by Gasteiger charge is -2.14. The van der Waals surface area contributed by atoms with Gasteiger partial charge in [-0.2, -0.15) is 0 Å². The van der Waals surface area contributed by atoms with E-state index in [4.69, 9.17) is 22.1 Å². The van der Waals surface area contributed by atoms with Gasteiger partial charge in [0, 0.05) is 5.70 Å². The number of nitrogens with two attached hydrogens (primary N) is 1. The van der Waals surface area contributed by atoms with Crippen LogP contribution in [-0.4, -0.2) is 24.5 Å². The molecule has 0 bridgehead atoms. The van der Waals surface area contributed by atoms with Crippen LogP contribution in [0.1, 0.15) is 31.2 Å². The summed E-state index contributed by atoms with van der Waals surface area (Å²) in [5, 5.41) is 3.03. The van der Waals surface area contributed by atoms with Gasteiger partial charge in [0.25, 0.3) is 0 Å². The summed E-state index contributed by atoms with van der Waals surface area (Å²) >= 11 is 6.39. The summed E-state index contributed by atoms with van der Waals surface area (Å²) in [5.41, 5.74) is 7.68. The fraction of sp³-hybridized carbons (Fsp3) is 0.333. The molecule has 0 atom stereocenters. The van der Waals surface area contributed by atoms with Crippen molar-refractivity contribution in [1.82, 2.24) is 5.32 Å². The van der Waals surface area contributed by atoms with E-state index >= 15 is 0 Å². The van der Waals surface area contributed by atoms with Crippen molar-refractivity contribution in [3.63, 3.8) is 0 Å². The molecule has 2 aliphatic rings. The van der Waals surface area contributed by atoms with Crippen LogP contribution in [0.2, 0.25) is 0 Å². The number of aliphatic imine (C=N–C) groups is 1. The first-order valence-corrected chi connectivity index (χ1v) is 9.36. The normalized spacial score (nSPS) is 19.4. The zero-order valence-electron chi connectivity index (χ0n) is 15.4. The van der Waals surface area contributed by atoms with Gasteiger partial charge in [0.15, 0.2) is 0 Å². The summed E-state index contributed by atoms with van der Waals surface area (Å²) in [7, 11) is 1.30. The molecule has 0 amide bonds. The van der Waals surface area contributed by atoms with Crippen LogP contribution in [0.4, 0.5) is 0 Å². The number of nitrogens with zero attached hydrogens (tertiary/aromatic N) is 1. The number of halogens is 1. The lowest BCUT2D eigenvalue weighted by molar-refractivity contribution is -0.136. The number of nitrogens with one attached hydrogen (secondary N) is 1. The second-order valence-electron chi connectivity index (χ2n) is 6.95. The number of amidine groups is 1. The molecular formula is C21H24ClN3O2. The van der Waals surface area contributed by atoms with Crippen molar-refractivity contribution < 1.29 is 9.53 Å². The monoisotopic (exact) mass is 385 g/mol. The van der Waals surface area contributed by atoms with Crippen LogP contribution in [0.25, 0.3) is 6.08 Å². The number of esters is 1. The van der Waals surface area contributed by atoms with Gasteiger partial charge in [0.2, 0.25) is 0 Å². The van der Waals surface area contributed by atoms with Gasteiger partial charge in [-0.1, -0.05) is 60.7 Å². The number of carbonyl (C=O) groups excluding carboxylic acids is 1. The van der Waals surface area contributed by atoms with Gasteiger partial charge in [-0.25, -0.2) is 4.79 Å². The minimum atomic E-state index is -0.593. The van der Waals surface area contributed by atoms with Crippen LogP contribution in [0.15, 0.2) is 64.4 Å². The Kier molecular flexibility index (Phi) is 5.71. The molecule has 142 valence electrons. The molecule has 0 aliphatic heterocycles. The van der Waals surface area contributed by atoms with Crippen LogP contribution in [0.5, 0.6) is 0 Å². The zero-order valence-corrected chi connectivity index (χ0v) is 16.1. The van der Waals surface area contributed by atoms with E-state index in [-0.39, 0.29) is 22.1 Å². The Morgan fingerprint density at radius 2 is 2.04 bits per heavy atom. The van der Waals surface area contributed by atoms with Crippen molar-refractivity contribution in [1.29, 1.82) is 0 Å². The van der Waals surface area contributed by atoms with Crippen LogP contribution in [0, 0.1) is 5.92 Å². The smallest absolute Gasteiger partial charge is 0.356 e. The van der Waals surface area contributed by atoms with Crippen LogP contribution in [-0.2, 0) is 9.53 Å². The van der Waals surface area contributed by atoms with Gasteiger partial charge in [-0.05, 0) is 37.2 Å². The third kappa shape index (κ3) is 5.01. The largest absolute Gasteiger partial charge is 0.464 e. The fourth-order valence-corrected chi connectivity index (χ4v) is 2.83. The average molecular weight is 386 g/mol. The Labute approximate surface area is 164 Å². The van der Waals surface area contributed by atoms with E-state index in [1.54, 1.807) is 0 Å². The Morgan fingerprint density at radius 1 is 1.37 bits per heavy atom. The maximum atomic E-state index is 12.1. The zero-order chi connectivity index (χ0) is 19.4. The molecule has 0 radical (unpaired) electrons. The maximum Gasteiger partial charge on any atom is 0.356 e. The summed E-state index contributed by atoms with van der Waals surface area (Å²) < 4.78 is 4.83. The molecule has 2 fully saturated rings. The molecule has 0 heterocycles. The van der Waals surface area contributed by atoms with Crippen LogP contribution in [0.3, 0.4) is 0 Å². The second-order valence-corrected chi connectivity index (χ2v) is 7.33. The molecule has 0 aromatic heterocycles. The Bertz CT molecular complexity index is 819. The topological polar surface area (TPSA) is 76.7 Å². The number of carbonyl (C=O) groups is 1. The Hall–Kier alpha value is -2.53. The summed E-state index contributed by atoms with van der Waals surface area (Å²) in [6, 6.07) is 9.99. The Morgan fingerprint density at radius 3 is 2.59 bits per heavy atom. The Balaban J connectivity index is 1.80. The number of allylic oxidation sites excluding steroid dienone is 1. The highest BCUT2D eigenvalue weighted by Crippen LogP contribution is 2.42. The van der Waals surface area contributed by atoms with Gasteiger partial charge in [0.05, 0.1) is 12.6 Å². The molecule has 1 aromatic rings. The molecule has 6 heteroatoms. The summed E-state index contributed by atoms with van der Waals surface area (Å²) in [4.78, 5) is 16.7. The van der Waals surface area contributed by atoms with E-state index in [1.807, 2.05) is 42.5 Å². The molecule has 2 saturated carbocycles. The number of benzene rings is 1. The van der Waals surface area contributed by atoms with Gasteiger partial charge in [-0.15, -0.1) is 0 Å². The molecule has 3 N–H and O–H groups in total. The molecular weight excluding hydrogens is 362 g/mol. The van der Waals surface area contributed by atoms with Crippen LogP contribution >= 0.6 is 11.6 Å². The molecule has 1 aromatic carbocycles. The molecule has 0 unspecified atom stereocenters. The third-order valence-electron chi connectivity index (χ3n) is 4.68. The van der Waals surface area contributed by atoms with E-state index in [9.17, 15) is 4.79 Å². The highest BCUT2D eigenvalue weighted by Gasteiger charge is 2.40. The van der Waals surface area contributed by atoms with Crippen molar-refractivity contribution in [3.05, 3.63) is 65.0 Å². The predicted octanol–water partition coefficient (Wildman–Crippen LogP) is 3.73.